The topological polar surface area (TPSA) is 59.3 Å². The van der Waals surface area contributed by atoms with Gasteiger partial charge in [0.2, 0.25) is 5.43 Å². The molecule has 1 saturated carbocycles. The van der Waals surface area contributed by atoms with E-state index in [2.05, 4.69) is 0 Å². The van der Waals surface area contributed by atoms with Crippen LogP contribution >= 0.6 is 0 Å². The van der Waals surface area contributed by atoms with E-state index in [9.17, 15) is 27.2 Å². The molecule has 0 amide bonds. The Morgan fingerprint density at radius 1 is 1.35 bits per heavy atom. The molecule has 0 bridgehead atoms. The van der Waals surface area contributed by atoms with Crippen LogP contribution in [0.15, 0.2) is 17.1 Å². The van der Waals surface area contributed by atoms with Crippen LogP contribution in [-0.4, -0.2) is 15.6 Å². The molecular weight excluding hydrogens is 318 g/mol. The third-order valence-electron chi connectivity index (χ3n) is 3.97. The zero-order valence-corrected chi connectivity index (χ0v) is 11.9. The van der Waals surface area contributed by atoms with Gasteiger partial charge in [-0.25, -0.2) is 9.18 Å². The second-order valence-electron chi connectivity index (χ2n) is 5.57. The van der Waals surface area contributed by atoms with Crippen molar-refractivity contribution in [2.45, 2.75) is 32.0 Å². The molecule has 0 spiro atoms. The normalized spacial score (nSPS) is 15.2. The molecule has 0 aliphatic heterocycles. The van der Waals surface area contributed by atoms with E-state index in [0.29, 0.717) is 18.9 Å². The molecule has 122 valence electrons. The summed E-state index contributed by atoms with van der Waals surface area (Å²) in [6.45, 7) is 0.990. The van der Waals surface area contributed by atoms with Crippen LogP contribution in [0, 0.1) is 12.7 Å². The van der Waals surface area contributed by atoms with Crippen molar-refractivity contribution in [1.29, 1.82) is 0 Å². The Hall–Kier alpha value is -2.38. The number of aromatic carboxylic acids is 1. The average Bonchev–Trinajstić information content (AvgIpc) is 3.24. The predicted molar refractivity (Wildman–Crippen MR) is 73.1 cm³/mol. The summed E-state index contributed by atoms with van der Waals surface area (Å²) in [5, 5.41) is 8.51. The zero-order chi connectivity index (χ0) is 17.1. The molecule has 8 heteroatoms. The fourth-order valence-electron chi connectivity index (χ4n) is 2.72. The van der Waals surface area contributed by atoms with Gasteiger partial charge >= 0.3 is 12.1 Å². The molecule has 0 unspecified atom stereocenters. The highest BCUT2D eigenvalue weighted by Gasteiger charge is 2.39. The van der Waals surface area contributed by atoms with Gasteiger partial charge in [0.25, 0.3) is 0 Å². The number of hydrogen-bond acceptors (Lipinski definition) is 2. The SMILES string of the molecule is Cc1c(F)cc2c(=O)c(C(=O)O)cn(C3CC3)c2c1C(F)(F)F. The van der Waals surface area contributed by atoms with E-state index < -0.39 is 51.0 Å². The van der Waals surface area contributed by atoms with E-state index in [1.165, 1.54) is 0 Å². The number of benzene rings is 1. The molecule has 1 aromatic heterocycles. The number of carboxylic acids is 1. The lowest BCUT2D eigenvalue weighted by atomic mass is 10.0. The van der Waals surface area contributed by atoms with Crippen molar-refractivity contribution in [3.05, 3.63) is 45.0 Å². The number of nitrogens with zero attached hydrogens (tertiary/aromatic N) is 1. The van der Waals surface area contributed by atoms with Crippen LogP contribution in [0.3, 0.4) is 0 Å². The molecule has 2 aromatic rings. The second-order valence-corrected chi connectivity index (χ2v) is 5.57. The van der Waals surface area contributed by atoms with E-state index in [1.807, 2.05) is 0 Å². The highest BCUT2D eigenvalue weighted by molar-refractivity contribution is 5.94. The molecule has 3 rings (SSSR count). The molecule has 1 N–H and O–H groups in total. The first-order chi connectivity index (χ1) is 10.6. The zero-order valence-electron chi connectivity index (χ0n) is 11.9. The number of carbonyl (C=O) groups is 1. The molecule has 1 aliphatic carbocycles. The van der Waals surface area contributed by atoms with Crippen molar-refractivity contribution in [3.8, 4) is 0 Å². The summed E-state index contributed by atoms with van der Waals surface area (Å²) < 4.78 is 55.3. The van der Waals surface area contributed by atoms with Crippen molar-refractivity contribution in [1.82, 2.24) is 4.57 Å². The highest BCUT2D eigenvalue weighted by atomic mass is 19.4. The average molecular weight is 329 g/mol. The van der Waals surface area contributed by atoms with Gasteiger partial charge in [0.05, 0.1) is 16.5 Å². The Morgan fingerprint density at radius 2 is 1.96 bits per heavy atom. The summed E-state index contributed by atoms with van der Waals surface area (Å²) in [6.07, 6.45) is -2.79. The molecule has 1 fully saturated rings. The smallest absolute Gasteiger partial charge is 0.418 e. The summed E-state index contributed by atoms with van der Waals surface area (Å²) in [7, 11) is 0. The van der Waals surface area contributed by atoms with Gasteiger partial charge in [0.15, 0.2) is 0 Å². The van der Waals surface area contributed by atoms with Crippen LogP contribution in [0.25, 0.3) is 10.9 Å². The van der Waals surface area contributed by atoms with Crippen LogP contribution in [0.1, 0.15) is 40.4 Å². The minimum absolute atomic E-state index is 0.317. The van der Waals surface area contributed by atoms with Crippen molar-refractivity contribution < 1.29 is 27.5 Å². The van der Waals surface area contributed by atoms with Crippen LogP contribution < -0.4 is 5.43 Å². The monoisotopic (exact) mass is 329 g/mol. The largest absolute Gasteiger partial charge is 0.477 e. The predicted octanol–water partition coefficient (Wildman–Crippen LogP) is 3.50. The number of halogens is 4. The lowest BCUT2D eigenvalue weighted by Gasteiger charge is -2.19. The number of aromatic nitrogens is 1. The molecule has 0 radical (unpaired) electrons. The van der Waals surface area contributed by atoms with Gasteiger partial charge in [-0.2, -0.15) is 13.2 Å². The standard InChI is InChI=1S/C15H11F4NO3/c1-6-10(16)4-8-12(11(6)15(17,18)19)20(7-2-3-7)5-9(13(8)21)14(22)23/h4-5,7H,2-3H2,1H3,(H,22,23). The molecule has 23 heavy (non-hydrogen) atoms. The van der Waals surface area contributed by atoms with Crippen molar-refractivity contribution in [3.63, 3.8) is 0 Å². The first-order valence-corrected chi connectivity index (χ1v) is 6.81. The number of fused-ring (bicyclic) bond motifs is 1. The van der Waals surface area contributed by atoms with E-state index in [1.54, 1.807) is 0 Å². The lowest BCUT2D eigenvalue weighted by Crippen LogP contribution is -2.22. The van der Waals surface area contributed by atoms with Crippen LogP contribution in [0.2, 0.25) is 0 Å². The quantitative estimate of drug-likeness (QED) is 0.858. The molecule has 1 aliphatic rings. The van der Waals surface area contributed by atoms with Gasteiger partial charge in [-0.15, -0.1) is 0 Å². The molecule has 0 atom stereocenters. The number of rotatable bonds is 2. The minimum atomic E-state index is -4.86. The Balaban J connectivity index is 2.57. The Kier molecular flexibility index (Phi) is 3.24. The summed E-state index contributed by atoms with van der Waals surface area (Å²) >= 11 is 0. The van der Waals surface area contributed by atoms with Crippen molar-refractivity contribution >= 4 is 16.9 Å². The van der Waals surface area contributed by atoms with Crippen LogP contribution in [-0.2, 0) is 6.18 Å². The Bertz CT molecular complexity index is 894. The summed E-state index contributed by atoms with van der Waals surface area (Å²) in [5.74, 6) is -2.74. The molecular formula is C15H11F4NO3. The van der Waals surface area contributed by atoms with Gasteiger partial charge < -0.3 is 9.67 Å². The molecule has 4 nitrogen and oxygen atoms in total. The number of alkyl halides is 3. The molecule has 1 aromatic carbocycles. The van der Waals surface area contributed by atoms with E-state index in [0.717, 1.165) is 17.7 Å². The first kappa shape index (κ1) is 15.5. The molecule has 0 saturated heterocycles. The maximum absolute atomic E-state index is 13.9. The van der Waals surface area contributed by atoms with Gasteiger partial charge in [-0.3, -0.25) is 4.79 Å². The highest BCUT2D eigenvalue weighted by Crippen LogP contribution is 2.42. The second kappa shape index (κ2) is 4.81. The van der Waals surface area contributed by atoms with E-state index in [-0.39, 0.29) is 6.04 Å². The summed E-state index contributed by atoms with van der Waals surface area (Å²) in [5.41, 5.74) is -4.07. The summed E-state index contributed by atoms with van der Waals surface area (Å²) in [6, 6.07) is 0.371. The first-order valence-electron chi connectivity index (χ1n) is 6.81. The van der Waals surface area contributed by atoms with Gasteiger partial charge in [0, 0.05) is 12.2 Å². The summed E-state index contributed by atoms with van der Waals surface area (Å²) in [4.78, 5) is 23.3. The lowest BCUT2D eigenvalue weighted by molar-refractivity contribution is -0.137. The van der Waals surface area contributed by atoms with Gasteiger partial charge in [-0.05, 0) is 31.4 Å². The number of pyridine rings is 1. The third-order valence-corrected chi connectivity index (χ3v) is 3.97. The van der Waals surface area contributed by atoms with Crippen LogP contribution in [0.5, 0.6) is 0 Å². The van der Waals surface area contributed by atoms with Crippen molar-refractivity contribution in [2.24, 2.45) is 0 Å². The number of carboxylic acid groups (broad SMARTS) is 1. The maximum Gasteiger partial charge on any atom is 0.418 e. The fourth-order valence-corrected chi connectivity index (χ4v) is 2.72. The van der Waals surface area contributed by atoms with E-state index in [4.69, 9.17) is 5.11 Å². The minimum Gasteiger partial charge on any atom is -0.477 e. The maximum atomic E-state index is 13.9. The van der Waals surface area contributed by atoms with E-state index >= 15 is 0 Å². The Labute approximate surface area is 127 Å². The van der Waals surface area contributed by atoms with Crippen LogP contribution in [0.4, 0.5) is 17.6 Å². The Morgan fingerprint density at radius 3 is 2.43 bits per heavy atom. The van der Waals surface area contributed by atoms with Gasteiger partial charge in [0.1, 0.15) is 11.4 Å². The third kappa shape index (κ3) is 2.38. The van der Waals surface area contributed by atoms with Gasteiger partial charge in [-0.1, -0.05) is 0 Å². The number of hydrogen-bond donors (Lipinski definition) is 1. The fraction of sp³-hybridized carbons (Fsp3) is 0.333. The van der Waals surface area contributed by atoms with Crippen molar-refractivity contribution in [2.75, 3.05) is 0 Å². The molecule has 1 heterocycles.